The van der Waals surface area contributed by atoms with Gasteiger partial charge in [-0.25, -0.2) is 0 Å². The SMILES string of the molecule is Cc1ccc(C2CN(Cc3ccc(N(C)C)cc3)CC2CN(CC(C)C)C(=O)C(C)C)cc1. The summed E-state index contributed by atoms with van der Waals surface area (Å²) in [6, 6.07) is 17.9. The number of likely N-dealkylation sites (tertiary alicyclic amines) is 1. The number of carbonyl (C=O) groups is 1. The van der Waals surface area contributed by atoms with E-state index < -0.39 is 0 Å². The van der Waals surface area contributed by atoms with Gasteiger partial charge in [0.25, 0.3) is 0 Å². The second kappa shape index (κ2) is 11.2. The van der Waals surface area contributed by atoms with Gasteiger partial charge in [0.05, 0.1) is 0 Å². The zero-order chi connectivity index (χ0) is 24.1. The van der Waals surface area contributed by atoms with Crippen LogP contribution < -0.4 is 4.90 Å². The number of amides is 1. The van der Waals surface area contributed by atoms with E-state index in [0.717, 1.165) is 32.7 Å². The highest BCUT2D eigenvalue weighted by atomic mass is 16.2. The van der Waals surface area contributed by atoms with Gasteiger partial charge in [-0.05, 0) is 42.0 Å². The van der Waals surface area contributed by atoms with Crippen LogP contribution in [0.4, 0.5) is 5.69 Å². The van der Waals surface area contributed by atoms with Crippen molar-refractivity contribution in [1.29, 1.82) is 0 Å². The van der Waals surface area contributed by atoms with Crippen LogP contribution >= 0.6 is 0 Å². The summed E-state index contributed by atoms with van der Waals surface area (Å²) in [5.41, 5.74) is 5.27. The molecular weight excluding hydrogens is 406 g/mol. The normalized spacial score (nSPS) is 18.8. The Bertz CT molecular complexity index is 886. The fourth-order valence-corrected chi connectivity index (χ4v) is 4.97. The Hall–Kier alpha value is -2.33. The van der Waals surface area contributed by atoms with E-state index in [9.17, 15) is 4.79 Å². The second-order valence-electron chi connectivity index (χ2n) is 10.8. The molecule has 0 bridgehead atoms. The van der Waals surface area contributed by atoms with Gasteiger partial charge in [0.1, 0.15) is 0 Å². The van der Waals surface area contributed by atoms with Crippen LogP contribution in [-0.2, 0) is 11.3 Å². The van der Waals surface area contributed by atoms with Crippen molar-refractivity contribution < 1.29 is 4.79 Å². The minimum Gasteiger partial charge on any atom is -0.378 e. The lowest BCUT2D eigenvalue weighted by atomic mass is 9.88. The van der Waals surface area contributed by atoms with Crippen LogP contribution in [0.1, 0.15) is 50.3 Å². The first-order chi connectivity index (χ1) is 15.6. The molecule has 3 rings (SSSR count). The first-order valence-electron chi connectivity index (χ1n) is 12.5. The molecule has 0 saturated carbocycles. The molecule has 1 saturated heterocycles. The van der Waals surface area contributed by atoms with Crippen molar-refractivity contribution in [2.24, 2.45) is 17.8 Å². The predicted octanol–water partition coefficient (Wildman–Crippen LogP) is 5.42. The van der Waals surface area contributed by atoms with Crippen molar-refractivity contribution >= 4 is 11.6 Å². The van der Waals surface area contributed by atoms with E-state index in [4.69, 9.17) is 0 Å². The molecule has 1 heterocycles. The van der Waals surface area contributed by atoms with Gasteiger partial charge in [0.15, 0.2) is 0 Å². The van der Waals surface area contributed by atoms with E-state index in [2.05, 4.69) is 98.1 Å². The van der Waals surface area contributed by atoms with Crippen molar-refractivity contribution in [2.75, 3.05) is 45.2 Å². The summed E-state index contributed by atoms with van der Waals surface area (Å²) in [7, 11) is 4.15. The fraction of sp³-hybridized carbons (Fsp3) is 0.552. The number of rotatable bonds is 9. The highest BCUT2D eigenvalue weighted by molar-refractivity contribution is 5.78. The molecule has 1 amide bonds. The number of aryl methyl sites for hydroxylation is 1. The van der Waals surface area contributed by atoms with Gasteiger partial charge in [-0.3, -0.25) is 9.69 Å². The van der Waals surface area contributed by atoms with Crippen LogP contribution in [0.2, 0.25) is 0 Å². The predicted molar refractivity (Wildman–Crippen MR) is 140 cm³/mol. The van der Waals surface area contributed by atoms with Crippen LogP contribution in [-0.4, -0.2) is 56.0 Å². The third kappa shape index (κ3) is 6.83. The number of nitrogens with zero attached hydrogens (tertiary/aromatic N) is 3. The van der Waals surface area contributed by atoms with Gasteiger partial charge >= 0.3 is 0 Å². The molecule has 180 valence electrons. The maximum Gasteiger partial charge on any atom is 0.225 e. The van der Waals surface area contributed by atoms with Crippen molar-refractivity contribution in [3.05, 3.63) is 65.2 Å². The van der Waals surface area contributed by atoms with Crippen molar-refractivity contribution in [2.45, 2.75) is 47.1 Å². The van der Waals surface area contributed by atoms with Crippen molar-refractivity contribution in [3.63, 3.8) is 0 Å². The molecule has 4 nitrogen and oxygen atoms in total. The van der Waals surface area contributed by atoms with Gasteiger partial charge in [-0.2, -0.15) is 0 Å². The van der Waals surface area contributed by atoms with E-state index in [1.165, 1.54) is 22.4 Å². The van der Waals surface area contributed by atoms with E-state index in [1.807, 2.05) is 13.8 Å². The van der Waals surface area contributed by atoms with Crippen LogP contribution in [0, 0.1) is 24.7 Å². The topological polar surface area (TPSA) is 26.8 Å². The molecule has 33 heavy (non-hydrogen) atoms. The Labute approximate surface area is 201 Å². The maximum absolute atomic E-state index is 13.0. The zero-order valence-corrected chi connectivity index (χ0v) is 21.7. The van der Waals surface area contributed by atoms with Crippen LogP contribution in [0.25, 0.3) is 0 Å². The molecular formula is C29H43N3O. The summed E-state index contributed by atoms with van der Waals surface area (Å²) in [5, 5.41) is 0. The van der Waals surface area contributed by atoms with Gasteiger partial charge in [-0.15, -0.1) is 0 Å². The summed E-state index contributed by atoms with van der Waals surface area (Å²) >= 11 is 0. The standard InChI is InChI=1S/C29H43N3O/c1-21(2)16-32(29(33)22(3)4)19-26-18-31(17-24-10-14-27(15-11-24)30(6)7)20-28(26)25-12-8-23(5)9-13-25/h8-15,21-22,26,28H,16-20H2,1-7H3. The number of hydrogen-bond acceptors (Lipinski definition) is 3. The summed E-state index contributed by atoms with van der Waals surface area (Å²) in [5.74, 6) is 1.67. The molecule has 1 aliphatic heterocycles. The van der Waals surface area contributed by atoms with Gasteiger partial charge in [-0.1, -0.05) is 69.7 Å². The van der Waals surface area contributed by atoms with Crippen LogP contribution in [0.15, 0.2) is 48.5 Å². The molecule has 2 unspecified atom stereocenters. The summed E-state index contributed by atoms with van der Waals surface area (Å²) < 4.78 is 0. The third-order valence-electron chi connectivity index (χ3n) is 6.73. The van der Waals surface area contributed by atoms with E-state index in [-0.39, 0.29) is 11.8 Å². The second-order valence-corrected chi connectivity index (χ2v) is 10.8. The van der Waals surface area contributed by atoms with E-state index in [0.29, 0.717) is 17.8 Å². The summed E-state index contributed by atoms with van der Waals surface area (Å²) in [6.07, 6.45) is 0. The first-order valence-corrected chi connectivity index (χ1v) is 12.5. The Morgan fingerprint density at radius 2 is 1.61 bits per heavy atom. The number of anilines is 1. The monoisotopic (exact) mass is 449 g/mol. The molecule has 0 spiro atoms. The molecule has 2 aromatic rings. The highest BCUT2D eigenvalue weighted by Gasteiger charge is 2.36. The lowest BCUT2D eigenvalue weighted by molar-refractivity contribution is -0.135. The van der Waals surface area contributed by atoms with Crippen LogP contribution in [0.3, 0.4) is 0 Å². The molecule has 2 atom stereocenters. The van der Waals surface area contributed by atoms with Crippen LogP contribution in [0.5, 0.6) is 0 Å². The van der Waals surface area contributed by atoms with Crippen molar-refractivity contribution in [3.8, 4) is 0 Å². The molecule has 0 N–H and O–H groups in total. The molecule has 2 aromatic carbocycles. The Balaban J connectivity index is 1.80. The molecule has 1 fully saturated rings. The minimum absolute atomic E-state index is 0.0364. The number of benzene rings is 2. The summed E-state index contributed by atoms with van der Waals surface area (Å²) in [4.78, 5) is 19.9. The fourth-order valence-electron chi connectivity index (χ4n) is 4.97. The number of carbonyl (C=O) groups excluding carboxylic acids is 1. The Kier molecular flexibility index (Phi) is 8.58. The number of hydrogen-bond donors (Lipinski definition) is 0. The Morgan fingerprint density at radius 3 is 2.15 bits per heavy atom. The Morgan fingerprint density at radius 1 is 0.970 bits per heavy atom. The minimum atomic E-state index is 0.0364. The smallest absolute Gasteiger partial charge is 0.225 e. The molecule has 0 aliphatic carbocycles. The summed E-state index contributed by atoms with van der Waals surface area (Å²) in [6.45, 7) is 15.3. The highest BCUT2D eigenvalue weighted by Crippen LogP contribution is 2.35. The van der Waals surface area contributed by atoms with Crippen molar-refractivity contribution in [1.82, 2.24) is 9.80 Å². The molecule has 1 aliphatic rings. The molecule has 4 heteroatoms. The quantitative estimate of drug-likeness (QED) is 0.512. The van der Waals surface area contributed by atoms with Gasteiger partial charge in [0.2, 0.25) is 5.91 Å². The third-order valence-corrected chi connectivity index (χ3v) is 6.73. The molecule has 0 aromatic heterocycles. The zero-order valence-electron chi connectivity index (χ0n) is 21.7. The first kappa shape index (κ1) is 25.3. The van der Waals surface area contributed by atoms with E-state index >= 15 is 0 Å². The average Bonchev–Trinajstić information content (AvgIpc) is 3.15. The van der Waals surface area contributed by atoms with Gasteiger partial charge < -0.3 is 9.80 Å². The molecule has 0 radical (unpaired) electrons. The lowest BCUT2D eigenvalue weighted by Gasteiger charge is -2.31. The maximum atomic E-state index is 13.0. The largest absolute Gasteiger partial charge is 0.378 e. The lowest BCUT2D eigenvalue weighted by Crippen LogP contribution is -2.41. The van der Waals surface area contributed by atoms with E-state index in [1.54, 1.807) is 0 Å². The van der Waals surface area contributed by atoms with Gasteiger partial charge in [0, 0.05) is 64.3 Å². The average molecular weight is 450 g/mol.